The van der Waals surface area contributed by atoms with Gasteiger partial charge in [-0.3, -0.25) is 4.79 Å². The molecule has 3 heterocycles. The van der Waals surface area contributed by atoms with Gasteiger partial charge in [0.15, 0.2) is 0 Å². The van der Waals surface area contributed by atoms with E-state index < -0.39 is 0 Å². The van der Waals surface area contributed by atoms with Gasteiger partial charge in [0.05, 0.1) is 18.2 Å². The second-order valence-corrected chi connectivity index (χ2v) is 9.36. The molecule has 6 nitrogen and oxygen atoms in total. The summed E-state index contributed by atoms with van der Waals surface area (Å²) in [5.41, 5.74) is 4.52. The molecule has 0 unspecified atom stereocenters. The van der Waals surface area contributed by atoms with E-state index in [1.54, 1.807) is 0 Å². The normalized spacial score (nSPS) is 18.3. The molecular formula is C28H33N3O3. The van der Waals surface area contributed by atoms with E-state index in [2.05, 4.69) is 22.2 Å². The Balaban J connectivity index is 1.53. The highest BCUT2D eigenvalue weighted by Crippen LogP contribution is 2.34. The highest BCUT2D eigenvalue weighted by Gasteiger charge is 2.30. The highest BCUT2D eigenvalue weighted by atomic mass is 16.5. The van der Waals surface area contributed by atoms with Crippen LogP contribution in [0.3, 0.4) is 0 Å². The van der Waals surface area contributed by atoms with Crippen LogP contribution in [0.4, 0.5) is 5.88 Å². The van der Waals surface area contributed by atoms with E-state index in [0.717, 1.165) is 79.2 Å². The van der Waals surface area contributed by atoms with Crippen LogP contribution in [0.2, 0.25) is 0 Å². The van der Waals surface area contributed by atoms with E-state index in [1.807, 2.05) is 54.3 Å². The lowest BCUT2D eigenvalue weighted by atomic mass is 10.0. The molecule has 1 atom stereocenters. The number of piperidine rings is 1. The van der Waals surface area contributed by atoms with Crippen LogP contribution in [-0.2, 0) is 11.3 Å². The molecule has 2 aliphatic rings. The zero-order chi connectivity index (χ0) is 23.3. The van der Waals surface area contributed by atoms with Gasteiger partial charge in [0.25, 0.3) is 5.91 Å². The molecular weight excluding hydrogens is 426 g/mol. The van der Waals surface area contributed by atoms with Gasteiger partial charge in [0.1, 0.15) is 5.69 Å². The first-order valence-electron chi connectivity index (χ1n) is 12.5. The fourth-order valence-corrected chi connectivity index (χ4v) is 5.04. The summed E-state index contributed by atoms with van der Waals surface area (Å²) in [5, 5.41) is 4.51. The summed E-state index contributed by atoms with van der Waals surface area (Å²) in [7, 11) is 0. The highest BCUT2D eigenvalue weighted by molar-refractivity contribution is 5.95. The van der Waals surface area contributed by atoms with Crippen LogP contribution in [0.5, 0.6) is 0 Å². The van der Waals surface area contributed by atoms with Crippen LogP contribution >= 0.6 is 0 Å². The number of anilines is 1. The number of hydrogen-bond acceptors (Lipinski definition) is 5. The van der Waals surface area contributed by atoms with Crippen molar-refractivity contribution in [2.24, 2.45) is 0 Å². The van der Waals surface area contributed by atoms with Gasteiger partial charge in [-0.1, -0.05) is 53.7 Å². The molecule has 0 N–H and O–H groups in total. The van der Waals surface area contributed by atoms with Crippen molar-refractivity contribution in [2.75, 3.05) is 31.1 Å². The average molecular weight is 460 g/mol. The number of aryl methyl sites for hydroxylation is 1. The van der Waals surface area contributed by atoms with Gasteiger partial charge in [-0.25, -0.2) is 0 Å². The van der Waals surface area contributed by atoms with Crippen LogP contribution in [0.1, 0.15) is 53.6 Å². The predicted octanol–water partition coefficient (Wildman–Crippen LogP) is 5.46. The number of benzene rings is 2. The number of rotatable bonds is 7. The predicted molar refractivity (Wildman–Crippen MR) is 133 cm³/mol. The third-order valence-corrected chi connectivity index (χ3v) is 6.92. The number of hydrogen-bond donors (Lipinski definition) is 0. The molecule has 0 bridgehead atoms. The maximum Gasteiger partial charge on any atom is 0.254 e. The summed E-state index contributed by atoms with van der Waals surface area (Å²) >= 11 is 0. The lowest BCUT2D eigenvalue weighted by molar-refractivity contribution is 0.0507. The van der Waals surface area contributed by atoms with Gasteiger partial charge in [-0.15, -0.1) is 0 Å². The lowest BCUT2D eigenvalue weighted by Crippen LogP contribution is -2.38. The molecule has 2 fully saturated rings. The topological polar surface area (TPSA) is 58.8 Å². The minimum Gasteiger partial charge on any atom is -0.376 e. The monoisotopic (exact) mass is 459 g/mol. The third kappa shape index (κ3) is 4.87. The third-order valence-electron chi connectivity index (χ3n) is 6.92. The lowest BCUT2D eigenvalue weighted by Gasteiger charge is -2.29. The van der Waals surface area contributed by atoms with Crippen molar-refractivity contribution in [3.05, 3.63) is 71.3 Å². The number of aromatic nitrogens is 1. The van der Waals surface area contributed by atoms with E-state index in [-0.39, 0.29) is 12.0 Å². The Bertz CT molecular complexity index is 1100. The Morgan fingerprint density at radius 1 is 1.03 bits per heavy atom. The molecule has 0 radical (unpaired) electrons. The minimum atomic E-state index is 0.0263. The molecule has 3 aromatic rings. The summed E-state index contributed by atoms with van der Waals surface area (Å²) in [6, 6.07) is 17.9. The Labute approximate surface area is 201 Å². The van der Waals surface area contributed by atoms with E-state index in [1.165, 1.54) is 6.42 Å². The zero-order valence-corrected chi connectivity index (χ0v) is 19.9. The van der Waals surface area contributed by atoms with Crippen molar-refractivity contribution in [3.8, 4) is 11.3 Å². The maximum absolute atomic E-state index is 13.8. The summed E-state index contributed by atoms with van der Waals surface area (Å²) in [5.74, 6) is 0.826. The fourth-order valence-electron chi connectivity index (χ4n) is 5.04. The first kappa shape index (κ1) is 22.7. The number of carbonyl (C=O) groups excluding carboxylic acids is 1. The van der Waals surface area contributed by atoms with Gasteiger partial charge in [0, 0.05) is 37.4 Å². The molecule has 34 heavy (non-hydrogen) atoms. The Hall–Kier alpha value is -3.12. The Morgan fingerprint density at radius 3 is 2.53 bits per heavy atom. The maximum atomic E-state index is 13.8. The van der Waals surface area contributed by atoms with Gasteiger partial charge in [-0.2, -0.15) is 0 Å². The average Bonchev–Trinajstić information content (AvgIpc) is 3.55. The zero-order valence-electron chi connectivity index (χ0n) is 19.9. The van der Waals surface area contributed by atoms with E-state index in [4.69, 9.17) is 9.26 Å². The van der Waals surface area contributed by atoms with Gasteiger partial charge >= 0.3 is 0 Å². The summed E-state index contributed by atoms with van der Waals surface area (Å²) in [6.45, 7) is 5.66. The van der Waals surface area contributed by atoms with Crippen LogP contribution < -0.4 is 4.90 Å². The molecule has 1 amide bonds. The first-order valence-corrected chi connectivity index (χ1v) is 12.5. The molecule has 2 saturated heterocycles. The van der Waals surface area contributed by atoms with Gasteiger partial charge < -0.3 is 19.1 Å². The van der Waals surface area contributed by atoms with Gasteiger partial charge in [0.2, 0.25) is 5.88 Å². The molecule has 0 spiro atoms. The number of carbonyl (C=O) groups is 1. The van der Waals surface area contributed by atoms with E-state index >= 15 is 0 Å². The second-order valence-electron chi connectivity index (χ2n) is 9.36. The smallest absolute Gasteiger partial charge is 0.254 e. The largest absolute Gasteiger partial charge is 0.376 e. The Kier molecular flexibility index (Phi) is 6.95. The SMILES string of the molecule is Cc1ccccc1C(=O)N(Cc1c(-c2ccccc2)noc1N1CCCCC1)C[C@@H]1CCCO1. The number of ether oxygens (including phenoxy) is 1. The molecule has 1 aromatic heterocycles. The van der Waals surface area contributed by atoms with Crippen LogP contribution in [0.15, 0.2) is 59.1 Å². The van der Waals surface area contributed by atoms with Crippen molar-refractivity contribution < 1.29 is 14.1 Å². The summed E-state index contributed by atoms with van der Waals surface area (Å²) in [6.07, 6.45) is 5.60. The summed E-state index contributed by atoms with van der Waals surface area (Å²) in [4.78, 5) is 18.0. The van der Waals surface area contributed by atoms with Crippen LogP contribution in [0.25, 0.3) is 11.3 Å². The molecule has 5 rings (SSSR count). The first-order chi connectivity index (χ1) is 16.7. The van der Waals surface area contributed by atoms with Crippen LogP contribution in [-0.4, -0.2) is 48.3 Å². The summed E-state index contributed by atoms with van der Waals surface area (Å²) < 4.78 is 11.9. The number of nitrogens with zero attached hydrogens (tertiary/aromatic N) is 3. The van der Waals surface area contributed by atoms with Crippen molar-refractivity contribution in [1.29, 1.82) is 0 Å². The molecule has 2 aliphatic heterocycles. The Morgan fingerprint density at radius 2 is 1.79 bits per heavy atom. The van der Waals surface area contributed by atoms with Crippen molar-refractivity contribution in [3.63, 3.8) is 0 Å². The molecule has 6 heteroatoms. The second kappa shape index (κ2) is 10.4. The fraction of sp³-hybridized carbons (Fsp3) is 0.429. The standard InChI is InChI=1S/C28H33N3O3/c1-21-11-6-7-15-24(21)27(32)31(19-23-14-10-18-33-23)20-25-26(22-12-4-2-5-13-22)29-34-28(25)30-16-8-3-9-17-30/h2,4-7,11-13,15,23H,3,8-10,14,16-20H2,1H3/t23-/m0/s1. The van der Waals surface area contributed by atoms with Crippen LogP contribution in [0, 0.1) is 6.92 Å². The minimum absolute atomic E-state index is 0.0263. The molecule has 178 valence electrons. The van der Waals surface area contributed by atoms with Crippen molar-refractivity contribution in [2.45, 2.75) is 51.7 Å². The quantitative estimate of drug-likeness (QED) is 0.469. The molecule has 2 aromatic carbocycles. The van der Waals surface area contributed by atoms with Gasteiger partial charge in [-0.05, 0) is 50.7 Å². The van der Waals surface area contributed by atoms with E-state index in [0.29, 0.717) is 13.1 Å². The number of amides is 1. The molecule has 0 saturated carbocycles. The van der Waals surface area contributed by atoms with Crippen molar-refractivity contribution in [1.82, 2.24) is 10.1 Å². The van der Waals surface area contributed by atoms with E-state index in [9.17, 15) is 4.79 Å². The van der Waals surface area contributed by atoms with Crippen molar-refractivity contribution >= 4 is 11.8 Å². The molecule has 0 aliphatic carbocycles.